The van der Waals surface area contributed by atoms with Crippen LogP contribution in [0.1, 0.15) is 54.5 Å². The highest BCUT2D eigenvalue weighted by atomic mass is 32.2. The second kappa shape index (κ2) is 15.7. The van der Waals surface area contributed by atoms with Gasteiger partial charge < -0.3 is 35.3 Å². The van der Waals surface area contributed by atoms with E-state index < -0.39 is 53.9 Å². The Balaban J connectivity index is 1.01. The number of allylic oxidation sites excluding steroid dienone is 3. The largest absolute Gasteiger partial charge is 0.490 e. The maximum absolute atomic E-state index is 14.5. The molecule has 48 heavy (non-hydrogen) atoms. The van der Waals surface area contributed by atoms with Gasteiger partial charge in [-0.15, -0.1) is 11.8 Å². The van der Waals surface area contributed by atoms with Crippen molar-refractivity contribution in [2.24, 2.45) is 11.7 Å². The first-order valence-corrected chi connectivity index (χ1v) is 18.3. The van der Waals surface area contributed by atoms with Gasteiger partial charge in [-0.2, -0.15) is 0 Å². The van der Waals surface area contributed by atoms with Gasteiger partial charge in [0.05, 0.1) is 12.7 Å². The van der Waals surface area contributed by atoms with Crippen molar-refractivity contribution in [1.29, 1.82) is 0 Å². The lowest BCUT2D eigenvalue weighted by Gasteiger charge is -2.44. The van der Waals surface area contributed by atoms with Crippen molar-refractivity contribution in [2.45, 2.75) is 99.3 Å². The third-order valence-corrected chi connectivity index (χ3v) is 11.2. The van der Waals surface area contributed by atoms with Crippen LogP contribution < -0.4 is 10.5 Å². The minimum atomic E-state index is -1.30. The van der Waals surface area contributed by atoms with Crippen LogP contribution in [0.4, 0.5) is 8.78 Å². The standard InChI is InChI=1S/C37H48F2N2O6S/c1-3-22-6-7-23(35-33(43)32(42)34(44)37(47-35)48-2)17-24(22)16-21-4-9-27(10-5-21)46-28-12-14-41(15-13-28)26-19-31(40)36(45-20-26)29-18-25(38)8-11-30(29)39/h4-11,17-18,26,28-37,42-44H,3,12-16,19-20,40H2,1-2H3/t26?,29?,30?,31?,32-,33-,34+,35+,36?,37-/m1/s1. The molecule has 10 atom stereocenters. The topological polar surface area (TPSA) is 118 Å². The summed E-state index contributed by atoms with van der Waals surface area (Å²) in [7, 11) is 0. The van der Waals surface area contributed by atoms with E-state index in [1.54, 1.807) is 6.26 Å². The smallest absolute Gasteiger partial charge is 0.132 e. The summed E-state index contributed by atoms with van der Waals surface area (Å²) in [5, 5.41) is 31.4. The monoisotopic (exact) mass is 686 g/mol. The van der Waals surface area contributed by atoms with Gasteiger partial charge in [0, 0.05) is 31.1 Å². The Bertz CT molecular complexity index is 1440. The number of nitrogens with two attached hydrogens (primary N) is 1. The molecule has 5 N–H and O–H groups in total. The molecule has 11 heteroatoms. The molecule has 5 unspecified atom stereocenters. The SMILES string of the molecule is CCc1ccc([C@@H]2O[C@H](SC)[C@@H](O)[C@H](O)[C@H]2O)cc1Cc1ccc(OC2CCN(C3COC(C4C=C(F)C=CC4F)C(N)C3)CC2)cc1. The molecule has 1 aliphatic carbocycles. The van der Waals surface area contributed by atoms with Gasteiger partial charge in [-0.05, 0) is 91.0 Å². The first-order valence-electron chi connectivity index (χ1n) is 17.1. The number of rotatable bonds is 9. The van der Waals surface area contributed by atoms with Gasteiger partial charge >= 0.3 is 0 Å². The van der Waals surface area contributed by atoms with Crippen LogP contribution in [0.15, 0.2) is 66.5 Å². The molecule has 2 aromatic carbocycles. The molecule has 0 saturated carbocycles. The number of aliphatic hydroxyl groups excluding tert-OH is 3. The summed E-state index contributed by atoms with van der Waals surface area (Å²) in [6, 6.07) is 14.0. The number of alkyl halides is 1. The zero-order valence-electron chi connectivity index (χ0n) is 27.5. The molecule has 0 radical (unpaired) electrons. The van der Waals surface area contributed by atoms with Crippen molar-refractivity contribution in [3.8, 4) is 5.75 Å². The fourth-order valence-corrected chi connectivity index (χ4v) is 8.21. The number of nitrogens with zero attached hydrogens (tertiary/aromatic N) is 1. The van der Waals surface area contributed by atoms with Crippen molar-refractivity contribution < 1.29 is 38.3 Å². The number of aryl methyl sites for hydroxylation is 1. The Hall–Kier alpha value is -2.35. The van der Waals surface area contributed by atoms with Crippen LogP contribution in [-0.4, -0.2) is 100 Å². The summed E-state index contributed by atoms with van der Waals surface area (Å²) in [5.74, 6) is -0.316. The van der Waals surface area contributed by atoms with Crippen molar-refractivity contribution in [3.05, 3.63) is 88.8 Å². The van der Waals surface area contributed by atoms with Crippen molar-refractivity contribution in [1.82, 2.24) is 4.90 Å². The van der Waals surface area contributed by atoms with E-state index in [1.165, 1.54) is 29.5 Å². The number of halogens is 2. The van der Waals surface area contributed by atoms with Crippen LogP contribution in [0.2, 0.25) is 0 Å². The molecule has 8 nitrogen and oxygen atoms in total. The maximum atomic E-state index is 14.5. The Morgan fingerprint density at radius 2 is 1.77 bits per heavy atom. The lowest BCUT2D eigenvalue weighted by atomic mass is 9.84. The number of hydrogen-bond donors (Lipinski definition) is 4. The molecular weight excluding hydrogens is 638 g/mol. The molecule has 0 amide bonds. The van der Waals surface area contributed by atoms with E-state index in [-0.39, 0.29) is 18.2 Å². The van der Waals surface area contributed by atoms with E-state index in [0.29, 0.717) is 19.4 Å². The fraction of sp³-hybridized carbons (Fsp3) is 0.568. The number of aliphatic hydroxyl groups is 3. The lowest BCUT2D eigenvalue weighted by molar-refractivity contribution is -0.200. The molecule has 3 heterocycles. The molecule has 3 aliphatic heterocycles. The Labute approximate surface area is 285 Å². The molecule has 0 aromatic heterocycles. The quantitative estimate of drug-likeness (QED) is 0.305. The summed E-state index contributed by atoms with van der Waals surface area (Å²) in [5.41, 5.74) is 10.0. The fourth-order valence-electron chi connectivity index (χ4n) is 7.54. The van der Waals surface area contributed by atoms with Crippen molar-refractivity contribution in [2.75, 3.05) is 26.0 Å². The van der Waals surface area contributed by atoms with E-state index in [2.05, 4.69) is 24.0 Å². The van der Waals surface area contributed by atoms with Crippen LogP contribution in [0.25, 0.3) is 0 Å². The van der Waals surface area contributed by atoms with Gasteiger partial charge in [0.2, 0.25) is 0 Å². The molecule has 3 fully saturated rings. The minimum absolute atomic E-state index is 0.0942. The maximum Gasteiger partial charge on any atom is 0.132 e. The third-order valence-electron chi connectivity index (χ3n) is 10.3. The predicted molar refractivity (Wildman–Crippen MR) is 182 cm³/mol. The molecule has 2 aromatic rings. The normalized spacial score (nSPS) is 35.0. The Kier molecular flexibility index (Phi) is 11.6. The molecule has 4 aliphatic rings. The molecular formula is C37H48F2N2O6S. The third kappa shape index (κ3) is 7.84. The summed E-state index contributed by atoms with van der Waals surface area (Å²) in [6.07, 6.45) is 3.31. The first kappa shape index (κ1) is 35.5. The van der Waals surface area contributed by atoms with E-state index in [9.17, 15) is 24.1 Å². The van der Waals surface area contributed by atoms with E-state index in [0.717, 1.165) is 60.9 Å². The summed E-state index contributed by atoms with van der Waals surface area (Å²) >= 11 is 1.31. The summed E-state index contributed by atoms with van der Waals surface area (Å²) in [4.78, 5) is 2.38. The first-order chi connectivity index (χ1) is 23.1. The van der Waals surface area contributed by atoms with E-state index in [1.807, 2.05) is 30.3 Å². The highest BCUT2D eigenvalue weighted by Gasteiger charge is 2.44. The van der Waals surface area contributed by atoms with E-state index in [4.69, 9.17) is 19.9 Å². The predicted octanol–water partition coefficient (Wildman–Crippen LogP) is 4.39. The van der Waals surface area contributed by atoms with Crippen molar-refractivity contribution >= 4 is 11.8 Å². The molecule has 0 bridgehead atoms. The Morgan fingerprint density at radius 3 is 2.46 bits per heavy atom. The van der Waals surface area contributed by atoms with Gasteiger partial charge in [-0.25, -0.2) is 8.78 Å². The van der Waals surface area contributed by atoms with Crippen LogP contribution in [0.5, 0.6) is 5.75 Å². The second-order valence-electron chi connectivity index (χ2n) is 13.5. The summed E-state index contributed by atoms with van der Waals surface area (Å²) < 4.78 is 46.6. The number of ether oxygens (including phenoxy) is 3. The molecule has 6 rings (SSSR count). The van der Waals surface area contributed by atoms with Crippen LogP contribution in [0.3, 0.4) is 0 Å². The number of likely N-dealkylation sites (tertiary alicyclic amines) is 1. The minimum Gasteiger partial charge on any atom is -0.490 e. The molecule has 262 valence electrons. The summed E-state index contributed by atoms with van der Waals surface area (Å²) in [6.45, 7) is 4.26. The number of benzene rings is 2. The van der Waals surface area contributed by atoms with Gasteiger partial charge in [-0.3, -0.25) is 4.90 Å². The van der Waals surface area contributed by atoms with E-state index >= 15 is 0 Å². The lowest BCUT2D eigenvalue weighted by Crippen LogP contribution is -2.57. The zero-order chi connectivity index (χ0) is 33.9. The number of hydrogen-bond acceptors (Lipinski definition) is 9. The van der Waals surface area contributed by atoms with Gasteiger partial charge in [0.15, 0.2) is 0 Å². The van der Waals surface area contributed by atoms with Gasteiger partial charge in [0.25, 0.3) is 0 Å². The second-order valence-corrected chi connectivity index (χ2v) is 14.4. The van der Waals surface area contributed by atoms with Gasteiger partial charge in [0.1, 0.15) is 53.7 Å². The van der Waals surface area contributed by atoms with Crippen LogP contribution in [-0.2, 0) is 22.3 Å². The highest BCUT2D eigenvalue weighted by Crippen LogP contribution is 2.37. The Morgan fingerprint density at radius 1 is 1.02 bits per heavy atom. The number of thioether (sulfide) groups is 1. The van der Waals surface area contributed by atoms with Crippen molar-refractivity contribution in [3.63, 3.8) is 0 Å². The van der Waals surface area contributed by atoms with Gasteiger partial charge in [-0.1, -0.05) is 37.3 Å². The molecule has 3 saturated heterocycles. The van der Waals surface area contributed by atoms with Crippen LogP contribution in [0, 0.1) is 5.92 Å². The number of piperidine rings is 1. The van der Waals surface area contributed by atoms with Crippen LogP contribution >= 0.6 is 11.8 Å². The molecule has 0 spiro atoms. The zero-order valence-corrected chi connectivity index (χ0v) is 28.4. The average Bonchev–Trinajstić information content (AvgIpc) is 3.10. The highest BCUT2D eigenvalue weighted by molar-refractivity contribution is 7.99. The average molecular weight is 687 g/mol.